The Morgan fingerprint density at radius 2 is 2.50 bits per heavy atom. The van der Waals surface area contributed by atoms with E-state index in [-0.39, 0.29) is 24.7 Å². The second-order valence-electron chi connectivity index (χ2n) is 4.29. The van der Waals surface area contributed by atoms with Gasteiger partial charge in [0.1, 0.15) is 10.7 Å². The second kappa shape index (κ2) is 5.75. The molecule has 1 aromatic rings. The van der Waals surface area contributed by atoms with Gasteiger partial charge in [-0.15, -0.1) is 11.3 Å². The van der Waals surface area contributed by atoms with Crippen LogP contribution >= 0.6 is 11.3 Å². The van der Waals surface area contributed by atoms with Crippen LogP contribution in [0.5, 0.6) is 0 Å². The van der Waals surface area contributed by atoms with Gasteiger partial charge in [-0.2, -0.15) is 0 Å². The summed E-state index contributed by atoms with van der Waals surface area (Å²) >= 11 is 1.38. The number of carbonyl (C=O) groups excluding carboxylic acids is 1. The van der Waals surface area contributed by atoms with Gasteiger partial charge in [-0.3, -0.25) is 4.79 Å². The number of aromatic nitrogens is 1. The zero-order valence-corrected chi connectivity index (χ0v) is 11.0. The highest BCUT2D eigenvalue weighted by atomic mass is 32.1. The van der Waals surface area contributed by atoms with Crippen LogP contribution in [-0.4, -0.2) is 52.8 Å². The minimum atomic E-state index is -0.315. The summed E-state index contributed by atoms with van der Waals surface area (Å²) in [6.07, 6.45) is -0.391. The fourth-order valence-corrected chi connectivity index (χ4v) is 2.63. The summed E-state index contributed by atoms with van der Waals surface area (Å²) in [5, 5.41) is 11.6. The molecule has 0 aromatic carbocycles. The van der Waals surface area contributed by atoms with Gasteiger partial charge in [-0.1, -0.05) is 0 Å². The quantitative estimate of drug-likeness (QED) is 0.796. The number of hydrogen-bond acceptors (Lipinski definition) is 6. The molecule has 2 atom stereocenters. The molecular formula is C11H17N3O3S. The van der Waals surface area contributed by atoms with Crippen molar-refractivity contribution in [1.29, 1.82) is 0 Å². The number of carbonyl (C=O) groups is 1. The number of nitrogens with two attached hydrogens (primary N) is 1. The van der Waals surface area contributed by atoms with E-state index >= 15 is 0 Å². The molecule has 2 heterocycles. The smallest absolute Gasteiger partial charge is 0.273 e. The second-order valence-corrected chi connectivity index (χ2v) is 5.23. The van der Waals surface area contributed by atoms with Crippen LogP contribution in [0.2, 0.25) is 0 Å². The van der Waals surface area contributed by atoms with Gasteiger partial charge < -0.3 is 20.5 Å². The summed E-state index contributed by atoms with van der Waals surface area (Å²) in [7, 11) is 0. The highest BCUT2D eigenvalue weighted by Gasteiger charge is 2.29. The Bertz CT molecular complexity index is 423. The molecule has 0 spiro atoms. The first-order valence-corrected chi connectivity index (χ1v) is 6.72. The van der Waals surface area contributed by atoms with Crippen molar-refractivity contribution in [3.05, 3.63) is 16.1 Å². The van der Waals surface area contributed by atoms with E-state index in [2.05, 4.69) is 4.98 Å². The molecule has 100 valence electrons. The molecule has 1 aliphatic heterocycles. The first kappa shape index (κ1) is 13.4. The summed E-state index contributed by atoms with van der Waals surface area (Å²) in [6.45, 7) is 3.06. The Hall–Kier alpha value is -1.02. The summed E-state index contributed by atoms with van der Waals surface area (Å²) < 4.78 is 5.50. The summed E-state index contributed by atoms with van der Waals surface area (Å²) in [6, 6.07) is 0. The number of amides is 1. The Kier molecular flexibility index (Phi) is 4.28. The number of aliphatic hydroxyl groups is 1. The molecule has 18 heavy (non-hydrogen) atoms. The van der Waals surface area contributed by atoms with Crippen molar-refractivity contribution >= 4 is 17.2 Å². The minimum Gasteiger partial charge on any atom is -0.394 e. The number of aliphatic hydroxyl groups excluding tert-OH is 1. The Balaban J connectivity index is 2.07. The summed E-state index contributed by atoms with van der Waals surface area (Å²) in [4.78, 5) is 18.1. The molecule has 1 aromatic heterocycles. The predicted molar refractivity (Wildman–Crippen MR) is 67.3 cm³/mol. The van der Waals surface area contributed by atoms with Crippen LogP contribution in [-0.2, 0) is 11.3 Å². The normalized spacial score (nSPS) is 24.3. The maximum absolute atomic E-state index is 12.2. The van der Waals surface area contributed by atoms with Crippen molar-refractivity contribution in [2.24, 2.45) is 5.73 Å². The molecule has 1 fully saturated rings. The largest absolute Gasteiger partial charge is 0.394 e. The molecule has 0 saturated carbocycles. The van der Waals surface area contributed by atoms with E-state index in [4.69, 9.17) is 15.6 Å². The van der Waals surface area contributed by atoms with Gasteiger partial charge in [0.2, 0.25) is 0 Å². The number of hydrogen-bond donors (Lipinski definition) is 2. The lowest BCUT2D eigenvalue weighted by Gasteiger charge is -2.35. The Morgan fingerprint density at radius 1 is 1.72 bits per heavy atom. The maximum atomic E-state index is 12.2. The van der Waals surface area contributed by atoms with E-state index in [9.17, 15) is 4.79 Å². The molecule has 2 unspecified atom stereocenters. The molecule has 3 N–H and O–H groups in total. The SMILES string of the molecule is CC1CN(C(=O)c2csc(CN)n2)CC(CO)O1. The predicted octanol–water partition coefficient (Wildman–Crippen LogP) is -0.176. The van der Waals surface area contributed by atoms with Gasteiger partial charge in [-0.05, 0) is 6.92 Å². The Morgan fingerprint density at radius 3 is 3.11 bits per heavy atom. The highest BCUT2D eigenvalue weighted by Crippen LogP contribution is 2.16. The number of morpholine rings is 1. The van der Waals surface area contributed by atoms with Gasteiger partial charge >= 0.3 is 0 Å². The molecule has 1 aliphatic rings. The zero-order valence-electron chi connectivity index (χ0n) is 10.2. The molecule has 6 nitrogen and oxygen atoms in total. The van der Waals surface area contributed by atoms with Crippen molar-refractivity contribution in [1.82, 2.24) is 9.88 Å². The molecule has 1 amide bonds. The molecule has 0 bridgehead atoms. The van der Waals surface area contributed by atoms with Crippen LogP contribution < -0.4 is 5.73 Å². The van der Waals surface area contributed by atoms with Gasteiger partial charge in [-0.25, -0.2) is 4.98 Å². The fraction of sp³-hybridized carbons (Fsp3) is 0.636. The van der Waals surface area contributed by atoms with Gasteiger partial charge in [0.05, 0.1) is 18.8 Å². The molecule has 2 rings (SSSR count). The number of thiazole rings is 1. The first-order chi connectivity index (χ1) is 8.63. The van der Waals surface area contributed by atoms with Crippen LogP contribution in [0.15, 0.2) is 5.38 Å². The van der Waals surface area contributed by atoms with E-state index in [0.717, 1.165) is 5.01 Å². The number of rotatable bonds is 3. The first-order valence-electron chi connectivity index (χ1n) is 5.84. The average Bonchev–Trinajstić information content (AvgIpc) is 2.85. The van der Waals surface area contributed by atoms with Crippen molar-refractivity contribution < 1.29 is 14.6 Å². The third-order valence-corrected chi connectivity index (χ3v) is 3.63. The van der Waals surface area contributed by atoms with E-state index in [1.165, 1.54) is 11.3 Å². The van der Waals surface area contributed by atoms with Crippen LogP contribution in [0.4, 0.5) is 0 Å². The van der Waals surface area contributed by atoms with E-state index in [1.54, 1.807) is 10.3 Å². The van der Waals surface area contributed by atoms with E-state index in [0.29, 0.717) is 25.3 Å². The molecule has 0 aliphatic carbocycles. The molecular weight excluding hydrogens is 254 g/mol. The van der Waals surface area contributed by atoms with Gasteiger partial charge in [0.15, 0.2) is 0 Å². The summed E-state index contributed by atoms with van der Waals surface area (Å²) in [5.74, 6) is -0.125. The average molecular weight is 271 g/mol. The molecule has 7 heteroatoms. The van der Waals surface area contributed by atoms with Crippen LogP contribution in [0.3, 0.4) is 0 Å². The third kappa shape index (κ3) is 2.86. The van der Waals surface area contributed by atoms with Crippen molar-refractivity contribution in [3.8, 4) is 0 Å². The molecule has 1 saturated heterocycles. The van der Waals surface area contributed by atoms with Crippen LogP contribution in [0.1, 0.15) is 22.4 Å². The number of ether oxygens (including phenoxy) is 1. The van der Waals surface area contributed by atoms with Crippen molar-refractivity contribution in [3.63, 3.8) is 0 Å². The fourth-order valence-electron chi connectivity index (χ4n) is 1.98. The standard InChI is InChI=1S/C11H17N3O3S/c1-7-3-14(4-8(5-15)17-7)11(16)9-6-18-10(2-12)13-9/h6-8,15H,2-5,12H2,1H3. The Labute approximate surface area is 109 Å². The van der Waals surface area contributed by atoms with Gasteiger partial charge in [0, 0.05) is 25.0 Å². The topological polar surface area (TPSA) is 88.7 Å². The molecule has 0 radical (unpaired) electrons. The lowest BCUT2D eigenvalue weighted by Crippen LogP contribution is -2.50. The van der Waals surface area contributed by atoms with E-state index in [1.807, 2.05) is 6.92 Å². The summed E-state index contributed by atoms with van der Waals surface area (Å²) in [5.41, 5.74) is 5.90. The third-order valence-electron chi connectivity index (χ3n) is 2.76. The van der Waals surface area contributed by atoms with Crippen molar-refractivity contribution in [2.45, 2.75) is 25.7 Å². The lowest BCUT2D eigenvalue weighted by molar-refractivity contribution is -0.0859. The zero-order chi connectivity index (χ0) is 13.1. The maximum Gasteiger partial charge on any atom is 0.273 e. The minimum absolute atomic E-state index is 0.0764. The van der Waals surface area contributed by atoms with E-state index < -0.39 is 0 Å². The van der Waals surface area contributed by atoms with Crippen LogP contribution in [0.25, 0.3) is 0 Å². The highest BCUT2D eigenvalue weighted by molar-refractivity contribution is 7.09. The monoisotopic (exact) mass is 271 g/mol. The number of nitrogens with zero attached hydrogens (tertiary/aromatic N) is 2. The van der Waals surface area contributed by atoms with Crippen molar-refractivity contribution in [2.75, 3.05) is 19.7 Å². The van der Waals surface area contributed by atoms with Crippen LogP contribution in [0, 0.1) is 0 Å². The lowest BCUT2D eigenvalue weighted by atomic mass is 10.2. The van der Waals surface area contributed by atoms with Gasteiger partial charge in [0.25, 0.3) is 5.91 Å².